The first-order chi connectivity index (χ1) is 9.79. The van der Waals surface area contributed by atoms with Crippen LogP contribution in [0.3, 0.4) is 0 Å². The summed E-state index contributed by atoms with van der Waals surface area (Å²) in [5.41, 5.74) is 5.86. The third-order valence-corrected chi connectivity index (χ3v) is 4.55. The number of benzene rings is 1. The fourth-order valence-corrected chi connectivity index (χ4v) is 2.86. The molecule has 1 aromatic carbocycles. The van der Waals surface area contributed by atoms with Crippen molar-refractivity contribution in [2.24, 2.45) is 5.73 Å². The number of rotatable bonds is 3. The van der Waals surface area contributed by atoms with Crippen LogP contribution < -0.4 is 5.73 Å². The molecule has 2 rings (SSSR count). The van der Waals surface area contributed by atoms with E-state index in [1.54, 1.807) is 17.0 Å². The molecule has 1 fully saturated rings. The van der Waals surface area contributed by atoms with Crippen molar-refractivity contribution in [3.05, 3.63) is 29.8 Å². The van der Waals surface area contributed by atoms with E-state index in [-0.39, 0.29) is 22.3 Å². The molecule has 1 aromatic rings. The number of hydrogen-bond acceptors (Lipinski definition) is 5. The number of morpholine rings is 1. The third-order valence-electron chi connectivity index (χ3n) is 3.18. The molecule has 0 bridgehead atoms. The van der Waals surface area contributed by atoms with E-state index in [2.05, 4.69) is 0 Å². The highest BCUT2D eigenvalue weighted by Gasteiger charge is 2.27. The lowest BCUT2D eigenvalue weighted by Gasteiger charge is -2.32. The molecule has 0 radical (unpaired) electrons. The number of carbonyl (C=O) groups excluding carboxylic acids is 1. The smallest absolute Gasteiger partial charge is 0.254 e. The molecule has 1 heterocycles. The molecule has 1 aliphatic rings. The second-order valence-electron chi connectivity index (χ2n) is 4.81. The lowest BCUT2D eigenvalue weighted by Crippen LogP contribution is -2.49. The minimum absolute atomic E-state index is 0.118. The summed E-state index contributed by atoms with van der Waals surface area (Å²) in [6, 6.07) is 5.98. The lowest BCUT2D eigenvalue weighted by molar-refractivity contribution is 0.00877. The van der Waals surface area contributed by atoms with Crippen LogP contribution in [0.2, 0.25) is 0 Å². The van der Waals surface area contributed by atoms with Crippen molar-refractivity contribution in [3.8, 4) is 0 Å². The van der Waals surface area contributed by atoms with Gasteiger partial charge in [-0.05, 0) is 18.2 Å². The Balaban J connectivity index is 2.22. The highest BCUT2D eigenvalue weighted by atomic mass is 32.2. The standard InChI is InChI=1S/C13H16N2O4S2/c1-21(17,18)10-4-2-3-9(7-10)13(16)15-5-6-19-11(8-15)12(14)20/h2-4,7,11H,5-6,8H2,1H3,(H2,14,20). The Kier molecular flexibility index (Phi) is 4.60. The zero-order valence-electron chi connectivity index (χ0n) is 11.5. The SMILES string of the molecule is CS(=O)(=O)c1cccc(C(=O)N2CCOC(C(N)=S)C2)c1. The van der Waals surface area contributed by atoms with Gasteiger partial charge in [-0.1, -0.05) is 18.3 Å². The van der Waals surface area contributed by atoms with Gasteiger partial charge in [0.05, 0.1) is 18.0 Å². The van der Waals surface area contributed by atoms with Gasteiger partial charge in [-0.2, -0.15) is 0 Å². The topological polar surface area (TPSA) is 89.7 Å². The maximum Gasteiger partial charge on any atom is 0.254 e. The lowest BCUT2D eigenvalue weighted by atomic mass is 10.1. The van der Waals surface area contributed by atoms with Gasteiger partial charge >= 0.3 is 0 Å². The van der Waals surface area contributed by atoms with Gasteiger partial charge in [0.1, 0.15) is 11.1 Å². The number of thiocarbonyl (C=S) groups is 1. The predicted molar refractivity (Wildman–Crippen MR) is 82.0 cm³/mol. The Morgan fingerprint density at radius 3 is 2.81 bits per heavy atom. The molecule has 0 aliphatic carbocycles. The monoisotopic (exact) mass is 328 g/mol. The van der Waals surface area contributed by atoms with E-state index in [1.165, 1.54) is 12.1 Å². The van der Waals surface area contributed by atoms with Crippen molar-refractivity contribution in [3.63, 3.8) is 0 Å². The highest BCUT2D eigenvalue weighted by Crippen LogP contribution is 2.15. The van der Waals surface area contributed by atoms with Crippen LogP contribution in [0.15, 0.2) is 29.2 Å². The van der Waals surface area contributed by atoms with Crippen molar-refractivity contribution >= 4 is 33.0 Å². The van der Waals surface area contributed by atoms with E-state index in [4.69, 9.17) is 22.7 Å². The molecule has 1 atom stereocenters. The number of nitrogens with zero attached hydrogens (tertiary/aromatic N) is 1. The first-order valence-electron chi connectivity index (χ1n) is 6.29. The average molecular weight is 328 g/mol. The summed E-state index contributed by atoms with van der Waals surface area (Å²) >= 11 is 4.88. The molecule has 6 nitrogen and oxygen atoms in total. The zero-order chi connectivity index (χ0) is 15.6. The summed E-state index contributed by atoms with van der Waals surface area (Å²) in [6.45, 7) is 1.04. The summed E-state index contributed by atoms with van der Waals surface area (Å²) in [4.78, 5) is 14.3. The fraction of sp³-hybridized carbons (Fsp3) is 0.385. The van der Waals surface area contributed by atoms with Crippen LogP contribution in [0.4, 0.5) is 0 Å². The number of nitrogens with two attached hydrogens (primary N) is 1. The van der Waals surface area contributed by atoms with E-state index in [1.807, 2.05) is 0 Å². The van der Waals surface area contributed by atoms with Crippen LogP contribution in [-0.2, 0) is 14.6 Å². The summed E-state index contributed by atoms with van der Waals surface area (Å²) < 4.78 is 28.5. The second kappa shape index (κ2) is 6.08. The van der Waals surface area contributed by atoms with Gasteiger partial charge in [0.15, 0.2) is 9.84 Å². The highest BCUT2D eigenvalue weighted by molar-refractivity contribution is 7.90. The normalized spacial score (nSPS) is 19.3. The van der Waals surface area contributed by atoms with Crippen LogP contribution in [0, 0.1) is 0 Å². The Hall–Kier alpha value is -1.51. The summed E-state index contributed by atoms with van der Waals surface area (Å²) in [6.07, 6.45) is 0.643. The number of carbonyl (C=O) groups is 1. The van der Waals surface area contributed by atoms with Crippen LogP contribution >= 0.6 is 12.2 Å². The van der Waals surface area contributed by atoms with Gasteiger partial charge in [-0.3, -0.25) is 4.79 Å². The molecule has 1 amide bonds. The second-order valence-corrected chi connectivity index (χ2v) is 7.30. The van der Waals surface area contributed by atoms with Crippen molar-refractivity contribution in [2.75, 3.05) is 26.0 Å². The van der Waals surface area contributed by atoms with Crippen molar-refractivity contribution in [2.45, 2.75) is 11.0 Å². The van der Waals surface area contributed by atoms with Crippen molar-refractivity contribution in [1.82, 2.24) is 4.90 Å². The Morgan fingerprint density at radius 1 is 1.48 bits per heavy atom. The maximum absolute atomic E-state index is 12.4. The molecule has 1 aliphatic heterocycles. The van der Waals surface area contributed by atoms with E-state index in [0.29, 0.717) is 18.7 Å². The maximum atomic E-state index is 12.4. The van der Waals surface area contributed by atoms with Gasteiger partial charge in [0.25, 0.3) is 5.91 Å². The Morgan fingerprint density at radius 2 is 2.19 bits per heavy atom. The summed E-state index contributed by atoms with van der Waals surface area (Å²) in [7, 11) is -3.35. The van der Waals surface area contributed by atoms with E-state index < -0.39 is 15.9 Å². The van der Waals surface area contributed by atoms with Crippen LogP contribution in [0.25, 0.3) is 0 Å². The molecule has 0 saturated carbocycles. The van der Waals surface area contributed by atoms with E-state index in [0.717, 1.165) is 6.26 Å². The number of amides is 1. The fourth-order valence-electron chi connectivity index (χ4n) is 2.05. The first kappa shape index (κ1) is 15.9. The molecule has 21 heavy (non-hydrogen) atoms. The molecule has 1 saturated heterocycles. The first-order valence-corrected chi connectivity index (χ1v) is 8.59. The minimum Gasteiger partial charge on any atom is -0.391 e. The van der Waals surface area contributed by atoms with Crippen LogP contribution in [0.5, 0.6) is 0 Å². The van der Waals surface area contributed by atoms with E-state index in [9.17, 15) is 13.2 Å². The van der Waals surface area contributed by atoms with Gasteiger partial charge in [0, 0.05) is 18.4 Å². The van der Waals surface area contributed by atoms with Crippen molar-refractivity contribution in [1.29, 1.82) is 0 Å². The van der Waals surface area contributed by atoms with Crippen LogP contribution in [0.1, 0.15) is 10.4 Å². The minimum atomic E-state index is -3.35. The molecule has 0 aromatic heterocycles. The van der Waals surface area contributed by atoms with E-state index >= 15 is 0 Å². The molecule has 1 unspecified atom stereocenters. The molecular formula is C13H16N2O4S2. The zero-order valence-corrected chi connectivity index (χ0v) is 13.1. The molecule has 114 valence electrons. The number of ether oxygens (including phenoxy) is 1. The van der Waals surface area contributed by atoms with Gasteiger partial charge in [-0.25, -0.2) is 8.42 Å². The quantitative estimate of drug-likeness (QED) is 0.798. The molecule has 2 N–H and O–H groups in total. The number of hydrogen-bond donors (Lipinski definition) is 1. The molecular weight excluding hydrogens is 312 g/mol. The van der Waals surface area contributed by atoms with Gasteiger partial charge in [-0.15, -0.1) is 0 Å². The average Bonchev–Trinajstić information content (AvgIpc) is 2.46. The van der Waals surface area contributed by atoms with Gasteiger partial charge in [0.2, 0.25) is 0 Å². The van der Waals surface area contributed by atoms with Crippen LogP contribution in [-0.4, -0.2) is 56.3 Å². The molecule has 0 spiro atoms. The summed E-state index contributed by atoms with van der Waals surface area (Å²) in [5, 5.41) is 0. The Labute approximate surface area is 128 Å². The third kappa shape index (κ3) is 3.78. The Bertz CT molecular complexity index is 673. The summed E-state index contributed by atoms with van der Waals surface area (Å²) in [5.74, 6) is -0.259. The van der Waals surface area contributed by atoms with Crippen molar-refractivity contribution < 1.29 is 17.9 Å². The van der Waals surface area contributed by atoms with Gasteiger partial charge < -0.3 is 15.4 Å². The largest absolute Gasteiger partial charge is 0.391 e. The molecule has 8 heteroatoms. The predicted octanol–water partition coefficient (Wildman–Crippen LogP) is 0.217. The number of sulfone groups is 1.